The number of rotatable bonds is 9. The van der Waals surface area contributed by atoms with E-state index >= 15 is 0 Å². The summed E-state index contributed by atoms with van der Waals surface area (Å²) >= 11 is 0. The predicted molar refractivity (Wildman–Crippen MR) is 121 cm³/mol. The number of ether oxygens (including phenoxy) is 1. The van der Waals surface area contributed by atoms with E-state index in [0.29, 0.717) is 18.5 Å². The highest BCUT2D eigenvalue weighted by Crippen LogP contribution is 2.45. The molecule has 1 amide bonds. The summed E-state index contributed by atoms with van der Waals surface area (Å²) < 4.78 is 5.94. The van der Waals surface area contributed by atoms with Gasteiger partial charge in [0.25, 0.3) is 0 Å². The molecular formula is C25H38N2O4. The number of aliphatic carboxylic acids is 1. The number of benzene rings is 1. The van der Waals surface area contributed by atoms with Crippen molar-refractivity contribution in [2.45, 2.75) is 89.2 Å². The number of carboxylic acids is 1. The average molecular weight is 431 g/mol. The van der Waals surface area contributed by atoms with E-state index in [1.807, 2.05) is 12.1 Å². The van der Waals surface area contributed by atoms with Crippen LogP contribution in [0.5, 0.6) is 0 Å². The zero-order valence-corrected chi connectivity index (χ0v) is 19.2. The summed E-state index contributed by atoms with van der Waals surface area (Å²) in [5.41, 5.74) is 7.67. The van der Waals surface area contributed by atoms with Gasteiger partial charge in [-0.15, -0.1) is 0 Å². The molecule has 6 nitrogen and oxygen atoms in total. The number of carbonyl (C=O) groups excluding carboxylic acids is 1. The molecule has 0 saturated heterocycles. The summed E-state index contributed by atoms with van der Waals surface area (Å²) in [5, 5.41) is 13.7. The number of amides is 1. The van der Waals surface area contributed by atoms with Crippen LogP contribution in [0.15, 0.2) is 18.2 Å². The monoisotopic (exact) mass is 430 g/mol. The first-order valence-corrected chi connectivity index (χ1v) is 11.8. The Morgan fingerprint density at radius 2 is 1.87 bits per heavy atom. The fourth-order valence-corrected chi connectivity index (χ4v) is 6.11. The average Bonchev–Trinajstić information content (AvgIpc) is 2.78. The second-order valence-electron chi connectivity index (χ2n) is 9.41. The van der Waals surface area contributed by atoms with Gasteiger partial charge in [0.1, 0.15) is 0 Å². The van der Waals surface area contributed by atoms with Gasteiger partial charge >= 0.3 is 5.97 Å². The van der Waals surface area contributed by atoms with E-state index in [9.17, 15) is 14.7 Å². The molecule has 3 rings (SSSR count). The van der Waals surface area contributed by atoms with Gasteiger partial charge in [0.2, 0.25) is 5.91 Å². The lowest BCUT2D eigenvalue weighted by Gasteiger charge is -2.49. The summed E-state index contributed by atoms with van der Waals surface area (Å²) in [5.74, 6) is -1.07. The molecule has 0 bridgehead atoms. The Labute approximate surface area is 185 Å². The van der Waals surface area contributed by atoms with Crippen LogP contribution in [0.1, 0.15) is 86.7 Å². The number of methoxy groups -OCH3 is 1. The first-order chi connectivity index (χ1) is 14.8. The van der Waals surface area contributed by atoms with Crippen molar-refractivity contribution >= 4 is 11.9 Å². The number of carbonyl (C=O) groups is 2. The van der Waals surface area contributed by atoms with Crippen molar-refractivity contribution in [1.82, 2.24) is 5.32 Å². The second-order valence-corrected chi connectivity index (χ2v) is 9.41. The van der Waals surface area contributed by atoms with Gasteiger partial charge in [0, 0.05) is 30.6 Å². The van der Waals surface area contributed by atoms with Gasteiger partial charge in [-0.2, -0.15) is 0 Å². The third kappa shape index (κ3) is 4.37. The van der Waals surface area contributed by atoms with Crippen LogP contribution in [0.4, 0.5) is 0 Å². The first kappa shape index (κ1) is 23.7. The number of nitrogens with one attached hydrogen (secondary N) is 1. The van der Waals surface area contributed by atoms with Crippen LogP contribution in [-0.4, -0.2) is 42.8 Å². The minimum absolute atomic E-state index is 0.0149. The standard InChI is InChI=1S/C25H38N2O4/c1-4-25(5-2)19-15-18(22(26)28)10-9-17(19)16-20(31-3)21(25)27-14-13-24(23(29)30)11-7-6-8-12-24/h9-10,15,20-21,27H,4-8,11-14,16H2,1-3H3,(H2,26,28)(H,29,30)/t20-,21-/m1/s1. The van der Waals surface area contributed by atoms with Gasteiger partial charge in [-0.05, 0) is 61.9 Å². The van der Waals surface area contributed by atoms with Crippen LogP contribution >= 0.6 is 0 Å². The van der Waals surface area contributed by atoms with Crippen molar-refractivity contribution in [2.24, 2.45) is 11.1 Å². The summed E-state index contributed by atoms with van der Waals surface area (Å²) in [6.07, 6.45) is 7.80. The third-order valence-electron chi connectivity index (χ3n) is 8.12. The van der Waals surface area contributed by atoms with E-state index in [1.54, 1.807) is 13.2 Å². The van der Waals surface area contributed by atoms with Crippen molar-refractivity contribution in [2.75, 3.05) is 13.7 Å². The molecular weight excluding hydrogens is 392 g/mol. The Morgan fingerprint density at radius 3 is 2.42 bits per heavy atom. The van der Waals surface area contributed by atoms with Crippen LogP contribution < -0.4 is 11.1 Å². The van der Waals surface area contributed by atoms with Crippen LogP contribution in [0, 0.1) is 5.41 Å². The van der Waals surface area contributed by atoms with E-state index in [2.05, 4.69) is 19.2 Å². The molecule has 0 unspecified atom stereocenters. The van der Waals surface area contributed by atoms with Crippen molar-refractivity contribution in [3.8, 4) is 0 Å². The quantitative estimate of drug-likeness (QED) is 0.553. The van der Waals surface area contributed by atoms with Crippen LogP contribution in [-0.2, 0) is 21.4 Å². The van der Waals surface area contributed by atoms with E-state index < -0.39 is 17.3 Å². The Morgan fingerprint density at radius 1 is 1.19 bits per heavy atom. The lowest BCUT2D eigenvalue weighted by Crippen LogP contribution is -2.59. The predicted octanol–water partition coefficient (Wildman–Crippen LogP) is 3.80. The van der Waals surface area contributed by atoms with Crippen molar-refractivity contribution in [3.05, 3.63) is 34.9 Å². The molecule has 172 valence electrons. The van der Waals surface area contributed by atoms with Gasteiger partial charge in [-0.1, -0.05) is 39.2 Å². The zero-order chi connectivity index (χ0) is 22.6. The smallest absolute Gasteiger partial charge is 0.309 e. The van der Waals surface area contributed by atoms with Crippen LogP contribution in [0.2, 0.25) is 0 Å². The minimum Gasteiger partial charge on any atom is -0.481 e. The summed E-state index contributed by atoms with van der Waals surface area (Å²) in [4.78, 5) is 23.9. The minimum atomic E-state index is -0.658. The lowest BCUT2D eigenvalue weighted by atomic mass is 9.62. The molecule has 1 aromatic carbocycles. The molecule has 1 saturated carbocycles. The van der Waals surface area contributed by atoms with E-state index in [0.717, 1.165) is 51.4 Å². The summed E-state index contributed by atoms with van der Waals surface area (Å²) in [6, 6.07) is 5.82. The van der Waals surface area contributed by atoms with E-state index in [-0.39, 0.29) is 17.6 Å². The van der Waals surface area contributed by atoms with Gasteiger partial charge in [0.15, 0.2) is 0 Å². The molecule has 0 spiro atoms. The maximum atomic E-state index is 12.1. The SMILES string of the molecule is CCC1(CC)c2cc(C(N)=O)ccc2C[C@@H](OC)[C@H]1NCCC1(C(=O)O)CCCCC1. The zero-order valence-electron chi connectivity index (χ0n) is 19.2. The number of nitrogens with two attached hydrogens (primary N) is 1. The molecule has 31 heavy (non-hydrogen) atoms. The highest BCUT2D eigenvalue weighted by Gasteiger charge is 2.47. The fraction of sp³-hybridized carbons (Fsp3) is 0.680. The maximum Gasteiger partial charge on any atom is 0.309 e. The molecule has 2 aliphatic carbocycles. The van der Waals surface area contributed by atoms with E-state index in [1.165, 1.54) is 11.1 Å². The number of hydrogen-bond acceptors (Lipinski definition) is 4. The molecule has 1 fully saturated rings. The molecule has 0 aromatic heterocycles. The fourth-order valence-electron chi connectivity index (χ4n) is 6.11. The number of fused-ring (bicyclic) bond motifs is 1. The molecule has 2 atom stereocenters. The van der Waals surface area contributed by atoms with Gasteiger partial charge < -0.3 is 20.9 Å². The summed E-state index contributed by atoms with van der Waals surface area (Å²) in [6.45, 7) is 5.00. The Hall–Kier alpha value is -1.92. The molecule has 4 N–H and O–H groups in total. The lowest BCUT2D eigenvalue weighted by molar-refractivity contribution is -0.151. The molecule has 0 heterocycles. The van der Waals surface area contributed by atoms with Crippen LogP contribution in [0.3, 0.4) is 0 Å². The Bertz CT molecular complexity index is 797. The van der Waals surface area contributed by atoms with Crippen molar-refractivity contribution in [1.29, 1.82) is 0 Å². The van der Waals surface area contributed by atoms with Crippen LogP contribution in [0.25, 0.3) is 0 Å². The number of hydrogen-bond donors (Lipinski definition) is 3. The normalized spacial score (nSPS) is 24.4. The Balaban J connectivity index is 1.89. The largest absolute Gasteiger partial charge is 0.481 e. The number of primary amides is 1. The molecule has 2 aliphatic rings. The molecule has 0 radical (unpaired) electrons. The number of carboxylic acid groups (broad SMARTS) is 1. The second kappa shape index (κ2) is 9.70. The van der Waals surface area contributed by atoms with Gasteiger partial charge in [-0.25, -0.2) is 0 Å². The topological polar surface area (TPSA) is 102 Å². The Kier molecular flexibility index (Phi) is 7.43. The highest BCUT2D eigenvalue weighted by molar-refractivity contribution is 5.93. The van der Waals surface area contributed by atoms with E-state index in [4.69, 9.17) is 10.5 Å². The van der Waals surface area contributed by atoms with Crippen molar-refractivity contribution < 1.29 is 19.4 Å². The van der Waals surface area contributed by atoms with Gasteiger partial charge in [-0.3, -0.25) is 9.59 Å². The maximum absolute atomic E-state index is 12.1. The van der Waals surface area contributed by atoms with Gasteiger partial charge in [0.05, 0.1) is 11.5 Å². The first-order valence-electron chi connectivity index (χ1n) is 11.8. The summed E-state index contributed by atoms with van der Waals surface area (Å²) in [7, 11) is 1.75. The highest BCUT2D eigenvalue weighted by atomic mass is 16.5. The third-order valence-corrected chi connectivity index (χ3v) is 8.12. The molecule has 6 heteroatoms. The van der Waals surface area contributed by atoms with Crippen molar-refractivity contribution in [3.63, 3.8) is 0 Å². The molecule has 0 aliphatic heterocycles. The molecule has 1 aromatic rings.